The third-order valence-electron chi connectivity index (χ3n) is 3.49. The molecule has 0 N–H and O–H groups in total. The zero-order chi connectivity index (χ0) is 15.5. The van der Waals surface area contributed by atoms with Gasteiger partial charge in [-0.1, -0.05) is 29.8 Å². The molecule has 5 heteroatoms. The first-order valence-corrected chi connectivity index (χ1v) is 7.77. The SMILES string of the molecule is Fc1ccc(C(CCl)(CCl)Cc2ccc(F)c(Cl)c2)cc1. The molecule has 0 aliphatic rings. The van der Waals surface area contributed by atoms with Crippen LogP contribution in [0.2, 0.25) is 5.02 Å². The normalized spacial score (nSPS) is 11.7. The van der Waals surface area contributed by atoms with Crippen molar-refractivity contribution in [1.29, 1.82) is 0 Å². The summed E-state index contributed by atoms with van der Waals surface area (Å²) in [5.41, 5.74) is 1.11. The lowest BCUT2D eigenvalue weighted by molar-refractivity contribution is 0.532. The van der Waals surface area contributed by atoms with E-state index in [9.17, 15) is 8.78 Å². The molecular weight excluding hydrogens is 337 g/mol. The van der Waals surface area contributed by atoms with E-state index in [0.717, 1.165) is 11.1 Å². The molecule has 2 rings (SSSR count). The standard InChI is InChI=1S/C16H13Cl3F2/c17-9-16(10-18,12-2-4-13(20)5-3-12)8-11-1-6-15(21)14(19)7-11/h1-7H,8-10H2. The largest absolute Gasteiger partial charge is 0.207 e. The van der Waals surface area contributed by atoms with Gasteiger partial charge in [-0.3, -0.25) is 0 Å². The number of rotatable bonds is 5. The molecule has 0 heterocycles. The smallest absolute Gasteiger partial charge is 0.141 e. The van der Waals surface area contributed by atoms with Crippen molar-refractivity contribution >= 4 is 34.8 Å². The van der Waals surface area contributed by atoms with Gasteiger partial charge in [0.15, 0.2) is 0 Å². The summed E-state index contributed by atoms with van der Waals surface area (Å²) in [6, 6.07) is 10.6. The second kappa shape index (κ2) is 6.95. The molecule has 0 fully saturated rings. The molecule has 0 nitrogen and oxygen atoms in total. The third kappa shape index (κ3) is 3.68. The Bertz CT molecular complexity index is 607. The van der Waals surface area contributed by atoms with Gasteiger partial charge in [0.25, 0.3) is 0 Å². The minimum atomic E-state index is -0.558. The average molecular weight is 350 g/mol. The van der Waals surface area contributed by atoms with E-state index in [1.54, 1.807) is 24.3 Å². The van der Waals surface area contributed by atoms with Gasteiger partial charge in [0.1, 0.15) is 11.6 Å². The van der Waals surface area contributed by atoms with E-state index in [-0.39, 0.29) is 22.6 Å². The molecule has 0 saturated heterocycles. The molecule has 0 aromatic heterocycles. The van der Waals surface area contributed by atoms with Crippen LogP contribution in [0.1, 0.15) is 11.1 Å². The van der Waals surface area contributed by atoms with E-state index in [1.165, 1.54) is 18.2 Å². The molecule has 0 bridgehead atoms. The van der Waals surface area contributed by atoms with Crippen molar-refractivity contribution in [2.45, 2.75) is 11.8 Å². The summed E-state index contributed by atoms with van der Waals surface area (Å²) in [6.07, 6.45) is 0.492. The summed E-state index contributed by atoms with van der Waals surface area (Å²) >= 11 is 18.1. The summed E-state index contributed by atoms with van der Waals surface area (Å²) in [6.45, 7) is 0. The molecule has 0 atom stereocenters. The zero-order valence-corrected chi connectivity index (χ0v) is 13.3. The summed E-state index contributed by atoms with van der Waals surface area (Å²) in [4.78, 5) is 0. The first-order valence-electron chi connectivity index (χ1n) is 6.33. The van der Waals surface area contributed by atoms with Crippen LogP contribution >= 0.6 is 34.8 Å². The number of hydrogen-bond donors (Lipinski definition) is 0. The van der Waals surface area contributed by atoms with E-state index < -0.39 is 11.2 Å². The predicted molar refractivity (Wildman–Crippen MR) is 84.6 cm³/mol. The number of benzene rings is 2. The highest BCUT2D eigenvalue weighted by molar-refractivity contribution is 6.30. The van der Waals surface area contributed by atoms with Crippen molar-refractivity contribution in [3.63, 3.8) is 0 Å². The third-order valence-corrected chi connectivity index (χ3v) is 4.81. The Balaban J connectivity index is 2.37. The average Bonchev–Trinajstić information content (AvgIpc) is 2.49. The lowest BCUT2D eigenvalue weighted by atomic mass is 9.79. The molecule has 0 amide bonds. The summed E-state index contributed by atoms with van der Waals surface area (Å²) in [7, 11) is 0. The Morgan fingerprint density at radius 2 is 1.52 bits per heavy atom. The van der Waals surface area contributed by atoms with Crippen LogP contribution in [-0.2, 0) is 11.8 Å². The van der Waals surface area contributed by atoms with Crippen molar-refractivity contribution in [1.82, 2.24) is 0 Å². The van der Waals surface area contributed by atoms with Gasteiger partial charge < -0.3 is 0 Å². The second-order valence-electron chi connectivity index (χ2n) is 4.98. The quantitative estimate of drug-likeness (QED) is 0.618. The predicted octanol–water partition coefficient (Wildman–Crippen LogP) is 5.58. The van der Waals surface area contributed by atoms with E-state index in [4.69, 9.17) is 34.8 Å². The van der Waals surface area contributed by atoms with Crippen LogP contribution in [0.25, 0.3) is 0 Å². The van der Waals surface area contributed by atoms with Crippen LogP contribution < -0.4 is 0 Å². The van der Waals surface area contributed by atoms with Crippen molar-refractivity contribution in [2.24, 2.45) is 0 Å². The van der Waals surface area contributed by atoms with Crippen LogP contribution in [0.15, 0.2) is 42.5 Å². The van der Waals surface area contributed by atoms with Crippen molar-refractivity contribution < 1.29 is 8.78 Å². The minimum absolute atomic E-state index is 0.0599. The van der Waals surface area contributed by atoms with Crippen LogP contribution in [0.4, 0.5) is 8.78 Å². The van der Waals surface area contributed by atoms with Gasteiger partial charge in [-0.25, -0.2) is 8.78 Å². The first kappa shape index (κ1) is 16.5. The Morgan fingerprint density at radius 3 is 2.05 bits per heavy atom. The number of alkyl halides is 2. The van der Waals surface area contributed by atoms with E-state index >= 15 is 0 Å². The van der Waals surface area contributed by atoms with E-state index in [1.807, 2.05) is 0 Å². The molecule has 2 aromatic carbocycles. The molecule has 0 aliphatic heterocycles. The molecule has 21 heavy (non-hydrogen) atoms. The monoisotopic (exact) mass is 348 g/mol. The number of halogens is 5. The van der Waals surface area contributed by atoms with Crippen LogP contribution in [0.5, 0.6) is 0 Å². The van der Waals surface area contributed by atoms with Gasteiger partial charge in [-0.15, -0.1) is 23.2 Å². The van der Waals surface area contributed by atoms with Crippen molar-refractivity contribution in [3.05, 3.63) is 70.2 Å². The topological polar surface area (TPSA) is 0 Å². The zero-order valence-electron chi connectivity index (χ0n) is 11.1. The van der Waals surface area contributed by atoms with Crippen LogP contribution in [0.3, 0.4) is 0 Å². The maximum absolute atomic E-state index is 13.2. The van der Waals surface area contributed by atoms with Crippen molar-refractivity contribution in [2.75, 3.05) is 11.8 Å². The van der Waals surface area contributed by atoms with Gasteiger partial charge in [0.05, 0.1) is 5.02 Å². The molecule has 0 aliphatic carbocycles. The Hall–Kier alpha value is -0.830. The van der Waals surface area contributed by atoms with Gasteiger partial charge >= 0.3 is 0 Å². The molecule has 0 spiro atoms. The van der Waals surface area contributed by atoms with E-state index in [0.29, 0.717) is 6.42 Å². The highest BCUT2D eigenvalue weighted by atomic mass is 35.5. The highest BCUT2D eigenvalue weighted by Crippen LogP contribution is 2.32. The molecule has 0 saturated carbocycles. The van der Waals surface area contributed by atoms with Gasteiger partial charge in [-0.2, -0.15) is 0 Å². The maximum Gasteiger partial charge on any atom is 0.141 e. The first-order chi connectivity index (χ1) is 10.0. The van der Waals surface area contributed by atoms with Crippen LogP contribution in [-0.4, -0.2) is 11.8 Å². The second-order valence-corrected chi connectivity index (χ2v) is 5.92. The van der Waals surface area contributed by atoms with E-state index in [2.05, 4.69) is 0 Å². The molecule has 0 unspecified atom stereocenters. The summed E-state index contributed by atoms with van der Waals surface area (Å²) in [5, 5.41) is 0.0599. The van der Waals surface area contributed by atoms with Gasteiger partial charge in [0.2, 0.25) is 0 Å². The lowest BCUT2D eigenvalue weighted by Gasteiger charge is -2.30. The highest BCUT2D eigenvalue weighted by Gasteiger charge is 2.31. The summed E-state index contributed by atoms with van der Waals surface area (Å²) in [5.74, 6) is -0.264. The summed E-state index contributed by atoms with van der Waals surface area (Å²) < 4.78 is 26.3. The molecule has 0 radical (unpaired) electrons. The molecule has 2 aromatic rings. The van der Waals surface area contributed by atoms with Gasteiger partial charge in [0, 0.05) is 17.2 Å². The van der Waals surface area contributed by atoms with Crippen molar-refractivity contribution in [3.8, 4) is 0 Å². The maximum atomic E-state index is 13.2. The van der Waals surface area contributed by atoms with Crippen LogP contribution in [0, 0.1) is 11.6 Å². The molecular formula is C16H13Cl3F2. The Morgan fingerprint density at radius 1 is 0.905 bits per heavy atom. The van der Waals surface area contributed by atoms with Gasteiger partial charge in [-0.05, 0) is 41.8 Å². The molecule has 112 valence electrons. The fourth-order valence-corrected chi connectivity index (χ4v) is 3.22. The Kier molecular flexibility index (Phi) is 5.48. The minimum Gasteiger partial charge on any atom is -0.207 e. The fraction of sp³-hybridized carbons (Fsp3) is 0.250. The number of hydrogen-bond acceptors (Lipinski definition) is 0. The fourth-order valence-electron chi connectivity index (χ4n) is 2.23. The lowest BCUT2D eigenvalue weighted by Crippen LogP contribution is -2.33. The Labute approximate surface area is 137 Å².